The van der Waals surface area contributed by atoms with Gasteiger partial charge >= 0.3 is 0 Å². The first-order chi connectivity index (χ1) is 10.1. The average Bonchev–Trinajstić information content (AvgIpc) is 2.97. The van der Waals surface area contributed by atoms with Gasteiger partial charge in [-0.25, -0.2) is 9.97 Å². The molecule has 2 aromatic rings. The van der Waals surface area contributed by atoms with Crippen LogP contribution in [0.25, 0.3) is 11.3 Å². The molecule has 0 radical (unpaired) electrons. The molecule has 5 nitrogen and oxygen atoms in total. The van der Waals surface area contributed by atoms with Crippen molar-refractivity contribution in [2.24, 2.45) is 0 Å². The second-order valence-corrected chi connectivity index (χ2v) is 5.70. The molecule has 1 atom stereocenters. The Morgan fingerprint density at radius 2 is 1.75 bits per heavy atom. The van der Waals surface area contributed by atoms with Crippen LogP contribution in [0.4, 0.5) is 11.6 Å². The Morgan fingerprint density at radius 1 is 1.08 bits per heavy atom. The van der Waals surface area contributed by atoms with Crippen LogP contribution in [0.3, 0.4) is 0 Å². The lowest BCUT2D eigenvalue weighted by molar-refractivity contribution is 0.315. The van der Waals surface area contributed by atoms with Gasteiger partial charge in [0.05, 0.1) is 5.69 Å². The largest absolute Gasteiger partial charge is 0.370 e. The number of benzene rings is 1. The van der Waals surface area contributed by atoms with E-state index in [1.807, 2.05) is 6.07 Å². The van der Waals surface area contributed by atoms with Crippen molar-refractivity contribution in [1.82, 2.24) is 14.9 Å². The molecule has 0 aliphatic carbocycles. The molecule has 0 amide bonds. The zero-order valence-corrected chi connectivity index (χ0v) is 16.2. The third-order valence-electron chi connectivity index (χ3n) is 4.10. The molecule has 134 valence electrons. The van der Waals surface area contributed by atoms with Crippen molar-refractivity contribution < 1.29 is 0 Å². The SMILES string of the molecule is CN(C)C1CCN(c2ccc(-c3ccnc(N)n3)cc2)C1.Cl.Cl.Cl. The number of halogens is 3. The van der Waals surface area contributed by atoms with Crippen LogP contribution in [0.1, 0.15) is 6.42 Å². The van der Waals surface area contributed by atoms with E-state index in [0.29, 0.717) is 12.0 Å². The molecule has 3 rings (SSSR count). The minimum atomic E-state index is 0. The van der Waals surface area contributed by atoms with E-state index in [2.05, 4.69) is 58.1 Å². The summed E-state index contributed by atoms with van der Waals surface area (Å²) in [7, 11) is 4.30. The lowest BCUT2D eigenvalue weighted by atomic mass is 10.1. The van der Waals surface area contributed by atoms with Crippen LogP contribution in [-0.2, 0) is 0 Å². The summed E-state index contributed by atoms with van der Waals surface area (Å²) in [5.74, 6) is 0.310. The highest BCUT2D eigenvalue weighted by Crippen LogP contribution is 2.25. The van der Waals surface area contributed by atoms with E-state index >= 15 is 0 Å². The van der Waals surface area contributed by atoms with Gasteiger partial charge in [-0.15, -0.1) is 37.2 Å². The zero-order valence-electron chi connectivity index (χ0n) is 13.8. The van der Waals surface area contributed by atoms with E-state index in [9.17, 15) is 0 Å². The Balaban J connectivity index is 0.00000176. The van der Waals surface area contributed by atoms with Crippen molar-refractivity contribution in [2.45, 2.75) is 12.5 Å². The van der Waals surface area contributed by atoms with Gasteiger partial charge in [-0.3, -0.25) is 0 Å². The highest BCUT2D eigenvalue weighted by Gasteiger charge is 2.23. The molecule has 2 N–H and O–H groups in total. The van der Waals surface area contributed by atoms with Gasteiger partial charge in [0.1, 0.15) is 0 Å². The van der Waals surface area contributed by atoms with E-state index in [1.165, 1.54) is 12.1 Å². The number of hydrogen-bond donors (Lipinski definition) is 1. The van der Waals surface area contributed by atoms with Crippen molar-refractivity contribution in [1.29, 1.82) is 0 Å². The van der Waals surface area contributed by atoms with E-state index in [4.69, 9.17) is 5.73 Å². The molecule has 1 saturated heterocycles. The predicted octanol–water partition coefficient (Wildman–Crippen LogP) is 3.13. The van der Waals surface area contributed by atoms with Crippen molar-refractivity contribution in [2.75, 3.05) is 37.8 Å². The van der Waals surface area contributed by atoms with Crippen molar-refractivity contribution in [3.05, 3.63) is 36.5 Å². The van der Waals surface area contributed by atoms with Crippen LogP contribution < -0.4 is 10.6 Å². The van der Waals surface area contributed by atoms with Crippen LogP contribution >= 0.6 is 37.2 Å². The number of hydrogen-bond acceptors (Lipinski definition) is 5. The van der Waals surface area contributed by atoms with E-state index in [0.717, 1.165) is 24.3 Å². The average molecular weight is 393 g/mol. The molecule has 1 aromatic carbocycles. The number of anilines is 2. The highest BCUT2D eigenvalue weighted by molar-refractivity contribution is 5.86. The normalized spacial score (nSPS) is 16.1. The summed E-state index contributed by atoms with van der Waals surface area (Å²) in [6, 6.07) is 11.0. The zero-order chi connectivity index (χ0) is 14.8. The molecule has 1 aliphatic heterocycles. The topological polar surface area (TPSA) is 58.3 Å². The van der Waals surface area contributed by atoms with Gasteiger partial charge in [-0.2, -0.15) is 0 Å². The quantitative estimate of drug-likeness (QED) is 0.869. The van der Waals surface area contributed by atoms with E-state index < -0.39 is 0 Å². The van der Waals surface area contributed by atoms with Crippen LogP contribution in [0, 0.1) is 0 Å². The maximum Gasteiger partial charge on any atom is 0.220 e. The monoisotopic (exact) mass is 391 g/mol. The van der Waals surface area contributed by atoms with Gasteiger partial charge in [0.2, 0.25) is 5.95 Å². The Hall–Kier alpha value is -1.27. The Morgan fingerprint density at radius 3 is 2.29 bits per heavy atom. The lowest BCUT2D eigenvalue weighted by Crippen LogP contribution is -2.31. The van der Waals surface area contributed by atoms with Gasteiger partial charge in [-0.1, -0.05) is 12.1 Å². The number of likely N-dealkylation sites (N-methyl/N-ethyl adjacent to an activating group) is 1. The maximum atomic E-state index is 5.63. The number of nitrogen functional groups attached to an aromatic ring is 1. The molecule has 1 fully saturated rings. The van der Waals surface area contributed by atoms with Crippen LogP contribution in [-0.4, -0.2) is 48.1 Å². The Kier molecular flexibility index (Phi) is 9.37. The third kappa shape index (κ3) is 5.11. The summed E-state index contributed by atoms with van der Waals surface area (Å²) in [6.07, 6.45) is 2.91. The van der Waals surface area contributed by atoms with Crippen molar-refractivity contribution in [3.63, 3.8) is 0 Å². The summed E-state index contributed by atoms with van der Waals surface area (Å²) in [6.45, 7) is 2.20. The Bertz CT molecular complexity index is 621. The number of rotatable bonds is 3. The summed E-state index contributed by atoms with van der Waals surface area (Å²) in [4.78, 5) is 12.9. The number of aromatic nitrogens is 2. The minimum Gasteiger partial charge on any atom is -0.370 e. The molecule has 1 aromatic heterocycles. The number of nitrogens with zero attached hydrogens (tertiary/aromatic N) is 4. The molecular weight excluding hydrogens is 369 g/mol. The molecule has 0 spiro atoms. The fraction of sp³-hybridized carbons (Fsp3) is 0.375. The molecule has 1 aliphatic rings. The van der Waals surface area contributed by atoms with Crippen LogP contribution in [0.2, 0.25) is 0 Å². The fourth-order valence-corrected chi connectivity index (χ4v) is 2.78. The van der Waals surface area contributed by atoms with Gasteiger partial charge in [-0.05, 0) is 38.7 Å². The summed E-state index contributed by atoms with van der Waals surface area (Å²) >= 11 is 0. The van der Waals surface area contributed by atoms with E-state index in [1.54, 1.807) is 6.20 Å². The maximum absolute atomic E-state index is 5.63. The summed E-state index contributed by atoms with van der Waals surface area (Å²) in [5, 5.41) is 0. The van der Waals surface area contributed by atoms with Crippen LogP contribution in [0.15, 0.2) is 36.5 Å². The van der Waals surface area contributed by atoms with Gasteiger partial charge < -0.3 is 15.5 Å². The second-order valence-electron chi connectivity index (χ2n) is 5.70. The van der Waals surface area contributed by atoms with Gasteiger partial charge in [0.15, 0.2) is 0 Å². The first-order valence-electron chi connectivity index (χ1n) is 7.24. The molecule has 1 unspecified atom stereocenters. The smallest absolute Gasteiger partial charge is 0.220 e. The van der Waals surface area contributed by atoms with Gasteiger partial charge in [0.25, 0.3) is 0 Å². The predicted molar refractivity (Wildman–Crippen MR) is 108 cm³/mol. The van der Waals surface area contributed by atoms with Crippen molar-refractivity contribution in [3.8, 4) is 11.3 Å². The molecule has 24 heavy (non-hydrogen) atoms. The standard InChI is InChI=1S/C16H21N5.3ClH/c1-20(2)14-8-10-21(11-14)13-5-3-12(4-6-13)15-7-9-18-16(17)19-15;;;/h3-7,9,14H,8,10-11H2,1-2H3,(H2,17,18,19);3*1H. The lowest BCUT2D eigenvalue weighted by Gasteiger charge is -2.22. The van der Waals surface area contributed by atoms with Gasteiger partial charge in [0, 0.05) is 36.6 Å². The summed E-state index contributed by atoms with van der Waals surface area (Å²) in [5.41, 5.74) is 8.83. The molecule has 2 heterocycles. The molecule has 8 heteroatoms. The van der Waals surface area contributed by atoms with Crippen molar-refractivity contribution >= 4 is 48.9 Å². The van der Waals surface area contributed by atoms with Crippen LogP contribution in [0.5, 0.6) is 0 Å². The molecule has 0 bridgehead atoms. The first-order valence-corrected chi connectivity index (χ1v) is 7.24. The highest BCUT2D eigenvalue weighted by atomic mass is 35.5. The van der Waals surface area contributed by atoms with E-state index in [-0.39, 0.29) is 37.2 Å². The third-order valence-corrected chi connectivity index (χ3v) is 4.10. The second kappa shape index (κ2) is 9.89. The molecule has 0 saturated carbocycles. The Labute approximate surface area is 161 Å². The fourth-order valence-electron chi connectivity index (χ4n) is 2.78. The minimum absolute atomic E-state index is 0. The number of nitrogens with two attached hydrogens (primary N) is 1. The summed E-state index contributed by atoms with van der Waals surface area (Å²) < 4.78 is 0. The molecular formula is C16H24Cl3N5. The first kappa shape index (κ1) is 22.7.